The Morgan fingerprint density at radius 2 is 1.60 bits per heavy atom. The molecule has 5 aromatic rings. The molecule has 0 aromatic heterocycles. The summed E-state index contributed by atoms with van der Waals surface area (Å²) in [6.07, 6.45) is 3.60. The van der Waals surface area contributed by atoms with Crippen LogP contribution in [-0.2, 0) is 4.79 Å². The largest absolute Gasteiger partial charge is 0.507 e. The van der Waals surface area contributed by atoms with Gasteiger partial charge in [-0.3, -0.25) is 15.1 Å². The van der Waals surface area contributed by atoms with Gasteiger partial charge in [0.25, 0.3) is 5.69 Å². The molecule has 0 radical (unpaired) electrons. The summed E-state index contributed by atoms with van der Waals surface area (Å²) in [4.78, 5) is 39.8. The molecule has 216 valence electrons. The van der Waals surface area contributed by atoms with Crippen molar-refractivity contribution in [3.05, 3.63) is 112 Å². The van der Waals surface area contributed by atoms with Crippen molar-refractivity contribution in [1.29, 1.82) is 0 Å². The molecule has 0 aliphatic heterocycles. The zero-order valence-electron chi connectivity index (χ0n) is 23.0. The molecule has 0 aliphatic rings. The second-order valence-electron chi connectivity index (χ2n) is 9.68. The van der Waals surface area contributed by atoms with Gasteiger partial charge in [0.05, 0.1) is 10.5 Å². The number of nitro groups is 1. The number of esters is 1. The topological polar surface area (TPSA) is 139 Å². The third-order valence-electron chi connectivity index (χ3n) is 6.98. The highest BCUT2D eigenvalue weighted by Crippen LogP contribution is 2.46. The van der Waals surface area contributed by atoms with E-state index in [0.29, 0.717) is 39.6 Å². The summed E-state index contributed by atoms with van der Waals surface area (Å²) < 4.78 is 5.88. The van der Waals surface area contributed by atoms with Crippen molar-refractivity contribution in [3.8, 4) is 22.6 Å². The quantitative estimate of drug-likeness (QED) is 0.0573. The Hall–Kier alpha value is -5.22. The molecule has 5 rings (SSSR count). The first-order chi connectivity index (χ1) is 20.8. The van der Waals surface area contributed by atoms with E-state index in [2.05, 4.69) is 4.99 Å². The fourth-order valence-electron chi connectivity index (χ4n) is 4.84. The van der Waals surface area contributed by atoms with Gasteiger partial charge in [-0.15, -0.1) is 0 Å². The number of hydrogen-bond donors (Lipinski definition) is 2. The molecule has 0 spiro atoms. The van der Waals surface area contributed by atoms with Gasteiger partial charge in [-0.1, -0.05) is 54.6 Å². The Bertz CT molecular complexity index is 1890. The standard InChI is InChI=1S/C33H26N2O7S/c1-43-17-16-27(32(37)38)34-19-23-18-22-7-3-5-9-26(22)30(31(23)36)29-25-8-4-2-6-20(25)12-15-28(29)42-33(39)21-10-13-24(14-11-21)35(40)41/h2-15,18-19,27,36H,16-17H2,1H3,(H,37,38)/t27-/m0/s1. The van der Waals surface area contributed by atoms with E-state index in [9.17, 15) is 29.9 Å². The summed E-state index contributed by atoms with van der Waals surface area (Å²) in [6.45, 7) is 0. The number of nitro benzene ring substituents is 1. The summed E-state index contributed by atoms with van der Waals surface area (Å²) >= 11 is 1.52. The van der Waals surface area contributed by atoms with E-state index in [1.54, 1.807) is 18.2 Å². The lowest BCUT2D eigenvalue weighted by molar-refractivity contribution is -0.384. The van der Waals surface area contributed by atoms with Gasteiger partial charge in [0.15, 0.2) is 0 Å². The van der Waals surface area contributed by atoms with Crippen LogP contribution in [0.2, 0.25) is 0 Å². The SMILES string of the molecule is CSCC[C@H](N=Cc1cc2ccccc2c(-c2c(OC(=O)c3ccc([N+](=O)[O-])cc3)ccc3ccccc23)c1O)C(=O)O. The number of phenols is 1. The van der Waals surface area contributed by atoms with Crippen LogP contribution in [0.3, 0.4) is 0 Å². The van der Waals surface area contributed by atoms with Crippen molar-refractivity contribution >= 4 is 57.1 Å². The number of carbonyl (C=O) groups excluding carboxylic acids is 1. The van der Waals surface area contributed by atoms with Gasteiger partial charge in [0.1, 0.15) is 17.5 Å². The highest BCUT2D eigenvalue weighted by Gasteiger charge is 2.23. The molecule has 0 amide bonds. The molecular formula is C33H26N2O7S. The van der Waals surface area contributed by atoms with E-state index in [-0.39, 0.29) is 22.7 Å². The Labute approximate surface area is 250 Å². The van der Waals surface area contributed by atoms with Crippen LogP contribution in [0.5, 0.6) is 11.5 Å². The van der Waals surface area contributed by atoms with Crippen LogP contribution >= 0.6 is 11.8 Å². The number of carbonyl (C=O) groups is 2. The van der Waals surface area contributed by atoms with Gasteiger partial charge in [0, 0.05) is 35.0 Å². The zero-order valence-corrected chi connectivity index (χ0v) is 23.8. The van der Waals surface area contributed by atoms with Crippen LogP contribution in [-0.4, -0.2) is 51.3 Å². The van der Waals surface area contributed by atoms with Crippen molar-refractivity contribution in [2.45, 2.75) is 12.5 Å². The molecule has 9 nitrogen and oxygen atoms in total. The number of fused-ring (bicyclic) bond motifs is 2. The van der Waals surface area contributed by atoms with E-state index >= 15 is 0 Å². The smallest absolute Gasteiger partial charge is 0.343 e. The zero-order chi connectivity index (χ0) is 30.5. The van der Waals surface area contributed by atoms with Gasteiger partial charge in [-0.2, -0.15) is 11.8 Å². The van der Waals surface area contributed by atoms with Crippen LogP contribution in [0.1, 0.15) is 22.3 Å². The molecule has 0 unspecified atom stereocenters. The van der Waals surface area contributed by atoms with Crippen molar-refractivity contribution in [2.75, 3.05) is 12.0 Å². The molecule has 5 aromatic carbocycles. The number of benzene rings is 5. The van der Waals surface area contributed by atoms with Gasteiger partial charge in [-0.05, 0) is 64.2 Å². The number of carboxylic acids is 1. The molecule has 10 heteroatoms. The highest BCUT2D eigenvalue weighted by atomic mass is 32.2. The number of non-ortho nitro benzene ring substituents is 1. The molecule has 0 bridgehead atoms. The monoisotopic (exact) mass is 594 g/mol. The second-order valence-corrected chi connectivity index (χ2v) is 10.7. The Balaban J connectivity index is 1.69. The fraction of sp³-hybridized carbons (Fsp3) is 0.121. The lowest BCUT2D eigenvalue weighted by Gasteiger charge is -2.18. The molecule has 0 saturated heterocycles. The van der Waals surface area contributed by atoms with Crippen molar-refractivity contribution < 1.29 is 29.5 Å². The number of hydrogen-bond acceptors (Lipinski definition) is 8. The van der Waals surface area contributed by atoms with Gasteiger partial charge in [-0.25, -0.2) is 9.59 Å². The van der Waals surface area contributed by atoms with Gasteiger partial charge in [0.2, 0.25) is 0 Å². The van der Waals surface area contributed by atoms with Crippen molar-refractivity contribution in [1.82, 2.24) is 0 Å². The summed E-state index contributed by atoms with van der Waals surface area (Å²) in [5.41, 5.74) is 1.11. The van der Waals surface area contributed by atoms with Gasteiger partial charge >= 0.3 is 11.9 Å². The first-order valence-corrected chi connectivity index (χ1v) is 14.7. The van der Waals surface area contributed by atoms with E-state index in [1.807, 2.05) is 54.8 Å². The third kappa shape index (κ3) is 6.19. The van der Waals surface area contributed by atoms with E-state index in [4.69, 9.17) is 4.74 Å². The fourth-order valence-corrected chi connectivity index (χ4v) is 5.30. The predicted molar refractivity (Wildman–Crippen MR) is 169 cm³/mol. The first-order valence-electron chi connectivity index (χ1n) is 13.3. The molecule has 0 fully saturated rings. The molecule has 2 N–H and O–H groups in total. The van der Waals surface area contributed by atoms with Crippen LogP contribution in [0.15, 0.2) is 96.0 Å². The number of thioether (sulfide) groups is 1. The van der Waals surface area contributed by atoms with Gasteiger partial charge < -0.3 is 14.9 Å². The minimum absolute atomic E-state index is 0.115. The number of rotatable bonds is 10. The minimum atomic E-state index is -1.06. The highest BCUT2D eigenvalue weighted by molar-refractivity contribution is 7.98. The van der Waals surface area contributed by atoms with E-state index in [0.717, 1.165) is 10.8 Å². The number of nitrogens with zero attached hydrogens (tertiary/aromatic N) is 2. The predicted octanol–water partition coefficient (Wildman–Crippen LogP) is 7.12. The number of carboxylic acid groups (broad SMARTS) is 1. The van der Waals surface area contributed by atoms with Crippen LogP contribution in [0, 0.1) is 10.1 Å². The number of ether oxygens (including phenoxy) is 1. The average Bonchev–Trinajstić information content (AvgIpc) is 3.01. The van der Waals surface area contributed by atoms with E-state index < -0.39 is 22.9 Å². The second kappa shape index (κ2) is 12.7. The van der Waals surface area contributed by atoms with Crippen LogP contribution in [0.25, 0.3) is 32.7 Å². The van der Waals surface area contributed by atoms with Crippen molar-refractivity contribution in [2.24, 2.45) is 4.99 Å². The maximum Gasteiger partial charge on any atom is 0.343 e. The summed E-state index contributed by atoms with van der Waals surface area (Å²) in [7, 11) is 0. The molecule has 0 heterocycles. The van der Waals surface area contributed by atoms with Crippen molar-refractivity contribution in [3.63, 3.8) is 0 Å². The lowest BCUT2D eigenvalue weighted by Crippen LogP contribution is -2.18. The Morgan fingerprint density at radius 1 is 0.953 bits per heavy atom. The number of aliphatic imine (C=N–C) groups is 1. The van der Waals surface area contributed by atoms with E-state index in [1.165, 1.54) is 42.2 Å². The minimum Gasteiger partial charge on any atom is -0.507 e. The maximum absolute atomic E-state index is 13.2. The van der Waals surface area contributed by atoms with Crippen LogP contribution in [0.4, 0.5) is 5.69 Å². The summed E-state index contributed by atoms with van der Waals surface area (Å²) in [6, 6.07) is 24.1. The normalized spacial score (nSPS) is 12.0. The molecule has 43 heavy (non-hydrogen) atoms. The molecule has 1 atom stereocenters. The number of aromatic hydroxyl groups is 1. The third-order valence-corrected chi connectivity index (χ3v) is 7.63. The first kappa shape index (κ1) is 29.3. The number of aliphatic carboxylic acids is 1. The number of phenolic OH excluding ortho intramolecular Hbond substituents is 1. The Morgan fingerprint density at radius 3 is 2.26 bits per heavy atom. The molecule has 0 aliphatic carbocycles. The molecule has 0 saturated carbocycles. The Kier molecular flexibility index (Phi) is 8.68. The maximum atomic E-state index is 13.2. The van der Waals surface area contributed by atoms with Crippen LogP contribution < -0.4 is 4.74 Å². The molecular weight excluding hydrogens is 568 g/mol. The lowest BCUT2D eigenvalue weighted by atomic mass is 9.90. The average molecular weight is 595 g/mol. The summed E-state index contributed by atoms with van der Waals surface area (Å²) in [5, 5.41) is 35.4. The summed E-state index contributed by atoms with van der Waals surface area (Å²) in [5.74, 6) is -1.16.